The zero-order chi connectivity index (χ0) is 23.2. The molecule has 1 heterocycles. The summed E-state index contributed by atoms with van der Waals surface area (Å²) in [7, 11) is 0. The Morgan fingerprint density at radius 2 is 1.91 bits per heavy atom. The van der Waals surface area contributed by atoms with Crippen molar-refractivity contribution in [2.75, 3.05) is 13.1 Å². The standard InChI is InChI=1S/C28H36N2O3/c1-19-8-11-24(31)14-25(19)27-12-13-30(18-22-9-10-22)20(2)28(27,33)16-23(15-27)26(32)29-17-21-6-4-3-5-7-21/h3-8,11,14,20,22-23,31,33H,9-10,12-13,15-18H2,1-2H3,(H,29,32)/t20-,23?,27-,28-/m1/s1. The molecule has 1 saturated heterocycles. The van der Waals surface area contributed by atoms with Crippen LogP contribution in [0, 0.1) is 18.8 Å². The fourth-order valence-electron chi connectivity index (χ4n) is 6.56. The summed E-state index contributed by atoms with van der Waals surface area (Å²) in [4.78, 5) is 15.8. The Hall–Kier alpha value is -2.37. The van der Waals surface area contributed by atoms with Gasteiger partial charge in [-0.25, -0.2) is 0 Å². The lowest BCUT2D eigenvalue weighted by molar-refractivity contribution is -0.128. The Morgan fingerprint density at radius 3 is 2.64 bits per heavy atom. The van der Waals surface area contributed by atoms with Crippen molar-refractivity contribution in [3.05, 3.63) is 65.2 Å². The van der Waals surface area contributed by atoms with E-state index in [2.05, 4.69) is 17.1 Å². The van der Waals surface area contributed by atoms with E-state index in [1.54, 1.807) is 6.07 Å². The third-order valence-corrected chi connectivity index (χ3v) is 8.65. The molecule has 33 heavy (non-hydrogen) atoms. The van der Waals surface area contributed by atoms with Crippen LogP contribution >= 0.6 is 0 Å². The molecule has 5 nitrogen and oxygen atoms in total. The third-order valence-electron chi connectivity index (χ3n) is 8.65. The van der Waals surface area contributed by atoms with Crippen molar-refractivity contribution in [3.63, 3.8) is 0 Å². The second kappa shape index (κ2) is 8.44. The fraction of sp³-hybridized carbons (Fsp3) is 0.536. The first-order valence-electron chi connectivity index (χ1n) is 12.4. The molecular weight excluding hydrogens is 412 g/mol. The maximum Gasteiger partial charge on any atom is 0.223 e. The predicted octanol–water partition coefficient (Wildman–Crippen LogP) is 3.90. The minimum Gasteiger partial charge on any atom is -0.508 e. The molecule has 4 atom stereocenters. The quantitative estimate of drug-likeness (QED) is 0.627. The molecule has 1 amide bonds. The molecule has 3 aliphatic rings. The number of fused-ring (bicyclic) bond motifs is 1. The summed E-state index contributed by atoms with van der Waals surface area (Å²) in [6.07, 6.45) is 4.42. The summed E-state index contributed by atoms with van der Waals surface area (Å²) < 4.78 is 0. The number of phenols is 1. The highest BCUT2D eigenvalue weighted by atomic mass is 16.3. The number of hydrogen-bond acceptors (Lipinski definition) is 4. The number of phenolic OH excluding ortho intramolecular Hbond substituents is 1. The Kier molecular flexibility index (Phi) is 5.74. The molecule has 2 aliphatic carbocycles. The zero-order valence-corrected chi connectivity index (χ0v) is 19.8. The highest BCUT2D eigenvalue weighted by Crippen LogP contribution is 2.59. The number of likely N-dealkylation sites (tertiary alicyclic amines) is 1. The van der Waals surface area contributed by atoms with Crippen LogP contribution in [0.25, 0.3) is 0 Å². The van der Waals surface area contributed by atoms with Crippen LogP contribution in [0.4, 0.5) is 0 Å². The predicted molar refractivity (Wildman–Crippen MR) is 129 cm³/mol. The molecule has 0 spiro atoms. The lowest BCUT2D eigenvalue weighted by atomic mass is 9.61. The number of amides is 1. The lowest BCUT2D eigenvalue weighted by Gasteiger charge is -2.55. The van der Waals surface area contributed by atoms with Crippen LogP contribution in [-0.4, -0.2) is 45.8 Å². The summed E-state index contributed by atoms with van der Waals surface area (Å²) >= 11 is 0. The molecule has 0 radical (unpaired) electrons. The van der Waals surface area contributed by atoms with Gasteiger partial charge in [0.15, 0.2) is 0 Å². The van der Waals surface area contributed by atoms with Gasteiger partial charge in [-0.3, -0.25) is 9.69 Å². The maximum atomic E-state index is 13.3. The first-order chi connectivity index (χ1) is 15.8. The van der Waals surface area contributed by atoms with E-state index in [1.807, 2.05) is 49.4 Å². The Labute approximate surface area is 196 Å². The Balaban J connectivity index is 1.45. The van der Waals surface area contributed by atoms with Crippen molar-refractivity contribution < 1.29 is 15.0 Å². The number of nitrogens with zero attached hydrogens (tertiary/aromatic N) is 1. The zero-order valence-electron chi connectivity index (χ0n) is 19.8. The van der Waals surface area contributed by atoms with Gasteiger partial charge in [-0.05, 0) is 87.2 Å². The van der Waals surface area contributed by atoms with E-state index in [9.17, 15) is 15.0 Å². The van der Waals surface area contributed by atoms with Crippen LogP contribution in [-0.2, 0) is 16.8 Å². The van der Waals surface area contributed by atoms with Gasteiger partial charge in [0.2, 0.25) is 5.91 Å². The highest BCUT2D eigenvalue weighted by molar-refractivity contribution is 5.80. The van der Waals surface area contributed by atoms with Gasteiger partial charge in [-0.2, -0.15) is 0 Å². The molecule has 1 aliphatic heterocycles. The summed E-state index contributed by atoms with van der Waals surface area (Å²) in [5, 5.41) is 25.8. The van der Waals surface area contributed by atoms with E-state index >= 15 is 0 Å². The molecule has 0 bridgehead atoms. The number of carbonyl (C=O) groups excluding carboxylic acids is 1. The Bertz CT molecular complexity index is 1020. The second-order valence-electron chi connectivity index (χ2n) is 10.7. The number of carbonyl (C=O) groups is 1. The van der Waals surface area contributed by atoms with E-state index in [0.717, 1.165) is 42.1 Å². The van der Waals surface area contributed by atoms with E-state index in [1.165, 1.54) is 12.8 Å². The molecule has 2 aromatic rings. The van der Waals surface area contributed by atoms with Crippen LogP contribution in [0.5, 0.6) is 5.75 Å². The number of piperidine rings is 1. The average molecular weight is 449 g/mol. The van der Waals surface area contributed by atoms with E-state index in [4.69, 9.17) is 0 Å². The summed E-state index contributed by atoms with van der Waals surface area (Å²) in [5.74, 6) is 0.721. The van der Waals surface area contributed by atoms with Crippen molar-refractivity contribution in [3.8, 4) is 5.75 Å². The minimum atomic E-state index is -1.02. The molecule has 176 valence electrons. The Morgan fingerprint density at radius 1 is 1.15 bits per heavy atom. The number of aromatic hydroxyl groups is 1. The molecule has 5 rings (SSSR count). The van der Waals surface area contributed by atoms with Crippen molar-refractivity contribution in [2.45, 2.75) is 69.6 Å². The summed E-state index contributed by atoms with van der Waals surface area (Å²) in [6.45, 7) is 6.62. The SMILES string of the molecule is Cc1ccc(O)cc1[C@]12CCN(CC3CC3)[C@H](C)[C@]1(O)CC(C(=O)NCc1ccccc1)C2. The van der Waals surface area contributed by atoms with Gasteiger partial charge < -0.3 is 15.5 Å². The number of nitrogens with one attached hydrogen (secondary N) is 1. The largest absolute Gasteiger partial charge is 0.508 e. The molecule has 3 fully saturated rings. The van der Waals surface area contributed by atoms with Crippen LogP contribution in [0.1, 0.15) is 55.7 Å². The lowest BCUT2D eigenvalue weighted by Crippen LogP contribution is -2.65. The van der Waals surface area contributed by atoms with Gasteiger partial charge >= 0.3 is 0 Å². The highest BCUT2D eigenvalue weighted by Gasteiger charge is 2.65. The third kappa shape index (κ3) is 3.95. The number of aryl methyl sites for hydroxylation is 1. The molecule has 1 unspecified atom stereocenters. The molecule has 2 aromatic carbocycles. The van der Waals surface area contributed by atoms with Crippen molar-refractivity contribution in [1.82, 2.24) is 10.2 Å². The maximum absolute atomic E-state index is 13.3. The molecule has 0 aromatic heterocycles. The monoisotopic (exact) mass is 448 g/mol. The first-order valence-corrected chi connectivity index (χ1v) is 12.4. The van der Waals surface area contributed by atoms with Crippen molar-refractivity contribution in [2.24, 2.45) is 11.8 Å². The summed E-state index contributed by atoms with van der Waals surface area (Å²) in [5.41, 5.74) is 1.58. The molecule has 2 saturated carbocycles. The minimum absolute atomic E-state index is 0.0137. The van der Waals surface area contributed by atoms with Gasteiger partial charge in [0.25, 0.3) is 0 Å². The van der Waals surface area contributed by atoms with E-state index in [-0.39, 0.29) is 23.6 Å². The van der Waals surface area contributed by atoms with Gasteiger partial charge in [0.05, 0.1) is 5.60 Å². The average Bonchev–Trinajstić information content (AvgIpc) is 3.57. The smallest absolute Gasteiger partial charge is 0.223 e. The number of aliphatic hydroxyl groups is 1. The molecular formula is C28H36N2O3. The number of rotatable bonds is 6. The van der Waals surface area contributed by atoms with Crippen molar-refractivity contribution in [1.29, 1.82) is 0 Å². The van der Waals surface area contributed by atoms with Gasteiger partial charge in [-0.15, -0.1) is 0 Å². The molecule has 5 heteroatoms. The number of hydrogen-bond donors (Lipinski definition) is 3. The van der Waals surface area contributed by atoms with Crippen LogP contribution in [0.2, 0.25) is 0 Å². The normalized spacial score (nSPS) is 31.8. The van der Waals surface area contributed by atoms with Crippen LogP contribution in [0.3, 0.4) is 0 Å². The second-order valence-corrected chi connectivity index (χ2v) is 10.7. The molecule has 3 N–H and O–H groups in total. The van der Waals surface area contributed by atoms with Crippen LogP contribution < -0.4 is 5.32 Å². The topological polar surface area (TPSA) is 72.8 Å². The van der Waals surface area contributed by atoms with Gasteiger partial charge in [0, 0.05) is 30.5 Å². The first kappa shape index (κ1) is 22.4. The van der Waals surface area contributed by atoms with E-state index in [0.29, 0.717) is 19.4 Å². The van der Waals surface area contributed by atoms with Crippen molar-refractivity contribution >= 4 is 5.91 Å². The van der Waals surface area contributed by atoms with Gasteiger partial charge in [0.1, 0.15) is 5.75 Å². The van der Waals surface area contributed by atoms with Crippen LogP contribution in [0.15, 0.2) is 48.5 Å². The van der Waals surface area contributed by atoms with E-state index < -0.39 is 11.0 Å². The number of benzene rings is 2. The summed E-state index contributed by atoms with van der Waals surface area (Å²) in [6, 6.07) is 15.4. The van der Waals surface area contributed by atoms with Gasteiger partial charge in [-0.1, -0.05) is 36.4 Å². The fourth-order valence-corrected chi connectivity index (χ4v) is 6.56.